The summed E-state index contributed by atoms with van der Waals surface area (Å²) in [4.78, 5) is 14.8. The van der Waals surface area contributed by atoms with Gasteiger partial charge in [-0.3, -0.25) is 3.97 Å². The normalized spacial score (nSPS) is 12.7. The fourth-order valence-corrected chi connectivity index (χ4v) is 4.84. The van der Waals surface area contributed by atoms with Crippen molar-refractivity contribution in [1.82, 2.24) is 18.9 Å². The SMILES string of the molecule is Sc1c(S)c2c(S)c3nc(cc4ccc(cc5nc(cc1n2S)C=C5)[nH]4)C=C3. The molecule has 0 spiro atoms. The predicted octanol–water partition coefficient (Wildman–Crippen LogP) is 5.69. The first kappa shape index (κ1) is 18.1. The molecule has 8 bridgehead atoms. The van der Waals surface area contributed by atoms with Gasteiger partial charge in [0.2, 0.25) is 0 Å². The molecule has 0 atom stereocenters. The minimum Gasteiger partial charge on any atom is -0.355 e. The number of rotatable bonds is 0. The zero-order chi connectivity index (χ0) is 19.4. The number of thiol groups is 4. The molecule has 5 heterocycles. The third-order valence-electron chi connectivity index (χ3n) is 4.57. The van der Waals surface area contributed by atoms with Crippen LogP contribution in [0.1, 0.15) is 22.8 Å². The minimum atomic E-state index is 0.679. The molecule has 3 aromatic heterocycles. The highest BCUT2D eigenvalue weighted by molar-refractivity contribution is 7.84. The molecule has 138 valence electrons. The van der Waals surface area contributed by atoms with E-state index >= 15 is 0 Å². The molecule has 0 saturated carbocycles. The Balaban J connectivity index is 1.97. The van der Waals surface area contributed by atoms with Crippen LogP contribution in [0.25, 0.3) is 46.4 Å². The van der Waals surface area contributed by atoms with Crippen LogP contribution in [0.2, 0.25) is 0 Å². The zero-order valence-corrected chi connectivity index (χ0v) is 17.9. The van der Waals surface area contributed by atoms with E-state index in [2.05, 4.69) is 53.0 Å². The van der Waals surface area contributed by atoms with Gasteiger partial charge < -0.3 is 4.98 Å². The first-order valence-electron chi connectivity index (χ1n) is 8.43. The second kappa shape index (κ2) is 6.81. The van der Waals surface area contributed by atoms with Crippen LogP contribution < -0.4 is 0 Å². The average Bonchev–Trinajstić information content (AvgIpc) is 3.43. The van der Waals surface area contributed by atoms with Crippen LogP contribution in [-0.2, 0) is 0 Å². The van der Waals surface area contributed by atoms with Crippen molar-refractivity contribution >= 4 is 97.1 Å². The van der Waals surface area contributed by atoms with E-state index in [4.69, 9.17) is 12.6 Å². The van der Waals surface area contributed by atoms with Gasteiger partial charge >= 0.3 is 0 Å². The van der Waals surface area contributed by atoms with Crippen molar-refractivity contribution in [2.24, 2.45) is 0 Å². The highest BCUT2D eigenvalue weighted by atomic mass is 32.1. The summed E-state index contributed by atoms with van der Waals surface area (Å²) in [7, 11) is 0. The van der Waals surface area contributed by atoms with E-state index in [1.54, 1.807) is 3.97 Å². The molecule has 4 nitrogen and oxygen atoms in total. The monoisotopic (exact) mass is 438 g/mol. The summed E-state index contributed by atoms with van der Waals surface area (Å²) < 4.78 is 1.73. The fraction of sp³-hybridized carbons (Fsp3) is 0. The first-order chi connectivity index (χ1) is 13.5. The number of H-pyrrole nitrogens is 1. The van der Waals surface area contributed by atoms with Crippen molar-refractivity contribution < 1.29 is 0 Å². The maximum atomic E-state index is 4.72. The van der Waals surface area contributed by atoms with E-state index in [1.807, 2.05) is 54.6 Å². The van der Waals surface area contributed by atoms with E-state index in [9.17, 15) is 0 Å². The van der Waals surface area contributed by atoms with Gasteiger partial charge in [-0.2, -0.15) is 0 Å². The maximum Gasteiger partial charge on any atom is 0.0823 e. The van der Waals surface area contributed by atoms with Crippen LogP contribution in [-0.4, -0.2) is 18.9 Å². The molecule has 0 aliphatic carbocycles. The maximum absolute atomic E-state index is 4.72. The number of hydrogen-bond acceptors (Lipinski definition) is 6. The Hall–Kier alpha value is -2.00. The molecule has 8 heteroatoms. The van der Waals surface area contributed by atoms with Crippen LogP contribution in [0.15, 0.2) is 45.0 Å². The molecule has 0 radical (unpaired) electrons. The van der Waals surface area contributed by atoms with E-state index in [0.29, 0.717) is 14.7 Å². The van der Waals surface area contributed by atoms with Crippen molar-refractivity contribution in [2.45, 2.75) is 14.7 Å². The van der Waals surface area contributed by atoms with Crippen molar-refractivity contribution in [3.63, 3.8) is 0 Å². The third kappa shape index (κ3) is 3.00. The van der Waals surface area contributed by atoms with Gasteiger partial charge in [0.1, 0.15) is 0 Å². The third-order valence-corrected chi connectivity index (χ3v) is 6.49. The lowest BCUT2D eigenvalue weighted by atomic mass is 10.3. The van der Waals surface area contributed by atoms with E-state index in [0.717, 1.165) is 44.8 Å². The van der Waals surface area contributed by atoms with Gasteiger partial charge in [0.15, 0.2) is 0 Å². The molecule has 0 fully saturated rings. The lowest BCUT2D eigenvalue weighted by Crippen LogP contribution is -1.84. The van der Waals surface area contributed by atoms with Gasteiger partial charge in [-0.15, -0.1) is 37.9 Å². The standard InChI is InChI=1S/C20H14N4S4/c25-18-15-6-5-13(23-15)8-12-2-1-10(21-12)7-11-3-4-14(22-11)9-16-19(26)20(27)17(18)24(16)28/h1-9,21,25-28H. The number of aromatic amines is 1. The Morgan fingerprint density at radius 1 is 0.714 bits per heavy atom. The fourth-order valence-electron chi connectivity index (χ4n) is 3.22. The highest BCUT2D eigenvalue weighted by Crippen LogP contribution is 2.36. The molecule has 1 N–H and O–H groups in total. The van der Waals surface area contributed by atoms with Crippen molar-refractivity contribution in [3.05, 3.63) is 53.1 Å². The quantitative estimate of drug-likeness (QED) is 0.202. The van der Waals surface area contributed by atoms with Crippen LogP contribution in [0.3, 0.4) is 0 Å². The average molecular weight is 439 g/mol. The van der Waals surface area contributed by atoms with Gasteiger partial charge in [0, 0.05) is 20.8 Å². The molecule has 2 aliphatic heterocycles. The van der Waals surface area contributed by atoms with Gasteiger partial charge in [0.05, 0.1) is 38.7 Å². The van der Waals surface area contributed by atoms with Crippen molar-refractivity contribution in [3.8, 4) is 0 Å². The molecule has 28 heavy (non-hydrogen) atoms. The molecule has 2 aliphatic rings. The smallest absolute Gasteiger partial charge is 0.0823 e. The number of hydrogen-bond donors (Lipinski definition) is 5. The summed E-state index contributed by atoms with van der Waals surface area (Å²) in [6.45, 7) is 0. The number of nitrogens with zero attached hydrogens (tertiary/aromatic N) is 3. The topological polar surface area (TPSA) is 46.5 Å². The van der Waals surface area contributed by atoms with Crippen LogP contribution in [0.4, 0.5) is 0 Å². The van der Waals surface area contributed by atoms with Crippen molar-refractivity contribution in [2.75, 3.05) is 0 Å². The Morgan fingerprint density at radius 3 is 2.04 bits per heavy atom. The Morgan fingerprint density at radius 2 is 1.32 bits per heavy atom. The second-order valence-corrected chi connectivity index (χ2v) is 8.19. The molecule has 3 aromatic rings. The summed E-state index contributed by atoms with van der Waals surface area (Å²) >= 11 is 18.7. The van der Waals surface area contributed by atoms with Crippen molar-refractivity contribution in [1.29, 1.82) is 0 Å². The predicted molar refractivity (Wildman–Crippen MR) is 129 cm³/mol. The Kier molecular flexibility index (Phi) is 4.39. The molecule has 0 saturated heterocycles. The summed E-state index contributed by atoms with van der Waals surface area (Å²) in [6.07, 6.45) is 7.82. The molecular weight excluding hydrogens is 425 g/mol. The highest BCUT2D eigenvalue weighted by Gasteiger charge is 2.15. The largest absolute Gasteiger partial charge is 0.355 e. The van der Waals surface area contributed by atoms with Crippen LogP contribution in [0, 0.1) is 0 Å². The van der Waals surface area contributed by atoms with Gasteiger partial charge in [-0.1, -0.05) is 12.8 Å². The molecule has 0 aromatic carbocycles. The molecule has 5 rings (SSSR count). The van der Waals surface area contributed by atoms with Crippen LogP contribution >= 0.6 is 50.7 Å². The van der Waals surface area contributed by atoms with Gasteiger partial charge in [-0.25, -0.2) is 9.97 Å². The lowest BCUT2D eigenvalue weighted by Gasteiger charge is -1.99. The second-order valence-electron chi connectivity index (χ2n) is 6.44. The zero-order valence-electron chi connectivity index (χ0n) is 14.3. The number of fused-ring (bicyclic) bond motifs is 8. The Labute approximate surface area is 183 Å². The van der Waals surface area contributed by atoms with E-state index < -0.39 is 0 Å². The number of aromatic nitrogens is 4. The van der Waals surface area contributed by atoms with E-state index in [-0.39, 0.29) is 0 Å². The van der Waals surface area contributed by atoms with Crippen LogP contribution in [0.5, 0.6) is 0 Å². The Bertz CT molecular complexity index is 1360. The summed E-state index contributed by atoms with van der Waals surface area (Å²) in [5.74, 6) is 0. The van der Waals surface area contributed by atoms with E-state index in [1.165, 1.54) is 0 Å². The summed E-state index contributed by atoms with van der Waals surface area (Å²) in [5.41, 5.74) is 6.74. The lowest BCUT2D eigenvalue weighted by molar-refractivity contribution is 1.23. The molecule has 0 unspecified atom stereocenters. The summed E-state index contributed by atoms with van der Waals surface area (Å²) in [6, 6.07) is 9.96. The molecular formula is C20H14N4S4. The van der Waals surface area contributed by atoms with Gasteiger partial charge in [-0.05, 0) is 54.6 Å². The number of nitrogens with one attached hydrogen (secondary N) is 1. The van der Waals surface area contributed by atoms with Gasteiger partial charge in [0.25, 0.3) is 0 Å². The summed E-state index contributed by atoms with van der Waals surface area (Å²) in [5, 5.41) is 0. The minimum absolute atomic E-state index is 0.679. The molecule has 0 amide bonds. The first-order valence-corrected chi connectivity index (χ1v) is 10.2.